The number of phenols is 1. The lowest BCUT2D eigenvalue weighted by atomic mass is 10.3. The molecule has 0 radical (unpaired) electrons. The van der Waals surface area contributed by atoms with Crippen molar-refractivity contribution in [2.45, 2.75) is 24.3 Å². The molecule has 0 spiro atoms. The lowest BCUT2D eigenvalue weighted by molar-refractivity contribution is -0.386. The van der Waals surface area contributed by atoms with E-state index in [0.29, 0.717) is 0 Å². The summed E-state index contributed by atoms with van der Waals surface area (Å²) in [6.45, 7) is 1.50. The third-order valence-corrected chi connectivity index (χ3v) is 3.79. The van der Waals surface area contributed by atoms with Crippen LogP contribution in [-0.4, -0.2) is 24.5 Å². The second kappa shape index (κ2) is 5.64. The molecule has 1 aromatic carbocycles. The molecule has 2 N–H and O–H groups in total. The molecule has 0 aliphatic heterocycles. The number of aromatic hydroxyl groups is 1. The smallest absolute Gasteiger partial charge is 0.312 e. The number of sulfonamides is 1. The van der Waals surface area contributed by atoms with Crippen molar-refractivity contribution in [1.29, 1.82) is 5.26 Å². The van der Waals surface area contributed by atoms with Gasteiger partial charge in [-0.15, -0.1) is 0 Å². The van der Waals surface area contributed by atoms with E-state index < -0.39 is 32.4 Å². The normalized spacial score (nSPS) is 12.6. The zero-order valence-electron chi connectivity index (χ0n) is 9.90. The van der Waals surface area contributed by atoms with E-state index in [-0.39, 0.29) is 11.3 Å². The Morgan fingerprint density at radius 3 is 2.74 bits per heavy atom. The van der Waals surface area contributed by atoms with E-state index in [0.717, 1.165) is 18.2 Å². The van der Waals surface area contributed by atoms with Gasteiger partial charge in [-0.05, 0) is 19.1 Å². The summed E-state index contributed by atoms with van der Waals surface area (Å²) in [7, 11) is -3.97. The molecule has 102 valence electrons. The van der Waals surface area contributed by atoms with Crippen LogP contribution < -0.4 is 4.72 Å². The molecule has 1 atom stereocenters. The molecule has 0 heterocycles. The van der Waals surface area contributed by atoms with Gasteiger partial charge in [-0.2, -0.15) is 5.26 Å². The van der Waals surface area contributed by atoms with E-state index >= 15 is 0 Å². The maximum Gasteiger partial charge on any atom is 0.312 e. The Bertz CT molecular complexity index is 635. The zero-order chi connectivity index (χ0) is 14.6. The molecular weight excluding hydrogens is 274 g/mol. The number of phenolic OH excluding ortho intramolecular Hbond substituents is 1. The van der Waals surface area contributed by atoms with Gasteiger partial charge in [0.25, 0.3) is 0 Å². The fourth-order valence-electron chi connectivity index (χ4n) is 1.33. The molecule has 1 aromatic rings. The zero-order valence-corrected chi connectivity index (χ0v) is 10.7. The number of rotatable bonds is 5. The molecular formula is C10H11N3O5S. The lowest BCUT2D eigenvalue weighted by Gasteiger charge is -2.11. The standard InChI is InChI=1S/C10H11N3O5S/c1-7(4-5-11)12-19(17,18)8-2-3-10(14)9(6-8)13(15)16/h2-3,6-7,12,14H,4H2,1H3. The summed E-state index contributed by atoms with van der Waals surface area (Å²) >= 11 is 0. The first kappa shape index (κ1) is 14.9. The SMILES string of the molecule is CC(CC#N)NS(=O)(=O)c1ccc(O)c([N+](=O)[O-])c1. The highest BCUT2D eigenvalue weighted by atomic mass is 32.2. The van der Waals surface area contributed by atoms with Gasteiger partial charge in [0.2, 0.25) is 10.0 Å². The van der Waals surface area contributed by atoms with Gasteiger partial charge in [0.05, 0.1) is 22.3 Å². The molecule has 0 aliphatic carbocycles. The lowest BCUT2D eigenvalue weighted by Crippen LogP contribution is -2.32. The molecule has 0 aliphatic rings. The van der Waals surface area contributed by atoms with Gasteiger partial charge in [-0.3, -0.25) is 10.1 Å². The first-order valence-electron chi connectivity index (χ1n) is 5.14. The number of nitriles is 1. The van der Waals surface area contributed by atoms with Crippen LogP contribution in [0.5, 0.6) is 5.75 Å². The monoisotopic (exact) mass is 285 g/mol. The molecule has 1 rings (SSSR count). The Balaban J connectivity index is 3.13. The Hall–Kier alpha value is -2.18. The molecule has 0 amide bonds. The Labute approximate surface area is 109 Å². The maximum atomic E-state index is 11.9. The van der Waals surface area contributed by atoms with Gasteiger partial charge in [0, 0.05) is 12.1 Å². The number of hydrogen-bond donors (Lipinski definition) is 2. The average Bonchev–Trinajstić information content (AvgIpc) is 2.28. The molecule has 0 aromatic heterocycles. The molecule has 1 unspecified atom stereocenters. The van der Waals surface area contributed by atoms with Gasteiger partial charge in [0.15, 0.2) is 5.75 Å². The van der Waals surface area contributed by atoms with E-state index in [4.69, 9.17) is 5.26 Å². The summed E-state index contributed by atoms with van der Waals surface area (Å²) in [5, 5.41) is 28.3. The predicted octanol–water partition coefficient (Wildman–Crippen LogP) is 0.881. The molecule has 0 bridgehead atoms. The number of hydrogen-bond acceptors (Lipinski definition) is 6. The maximum absolute atomic E-state index is 11.9. The van der Waals surface area contributed by atoms with Crippen molar-refractivity contribution in [1.82, 2.24) is 4.72 Å². The van der Waals surface area contributed by atoms with Gasteiger partial charge in [-0.25, -0.2) is 13.1 Å². The van der Waals surface area contributed by atoms with Gasteiger partial charge >= 0.3 is 5.69 Å². The molecule has 9 heteroatoms. The first-order valence-corrected chi connectivity index (χ1v) is 6.63. The van der Waals surface area contributed by atoms with E-state index in [9.17, 15) is 23.6 Å². The van der Waals surface area contributed by atoms with Gasteiger partial charge in [-0.1, -0.05) is 0 Å². The summed E-state index contributed by atoms with van der Waals surface area (Å²) in [5.41, 5.74) is -0.698. The summed E-state index contributed by atoms with van der Waals surface area (Å²) in [4.78, 5) is 9.39. The summed E-state index contributed by atoms with van der Waals surface area (Å²) in [5.74, 6) is -0.617. The van der Waals surface area contributed by atoms with Crippen LogP contribution in [0.15, 0.2) is 23.1 Å². The van der Waals surface area contributed by atoms with E-state index in [1.807, 2.05) is 0 Å². The first-order chi connectivity index (χ1) is 8.77. The second-order valence-electron chi connectivity index (χ2n) is 3.79. The van der Waals surface area contributed by atoms with Crippen molar-refractivity contribution in [3.8, 4) is 11.8 Å². The molecule has 19 heavy (non-hydrogen) atoms. The Morgan fingerprint density at radius 1 is 1.58 bits per heavy atom. The van der Waals surface area contributed by atoms with Crippen molar-refractivity contribution in [2.24, 2.45) is 0 Å². The van der Waals surface area contributed by atoms with Crippen LogP contribution in [-0.2, 0) is 10.0 Å². The van der Waals surface area contributed by atoms with E-state index in [1.165, 1.54) is 6.92 Å². The molecule has 0 saturated carbocycles. The number of nitrogens with zero attached hydrogens (tertiary/aromatic N) is 2. The van der Waals surface area contributed by atoms with Crippen molar-refractivity contribution < 1.29 is 18.4 Å². The molecule has 0 fully saturated rings. The quantitative estimate of drug-likeness (QED) is 0.609. The van der Waals surface area contributed by atoms with Crippen molar-refractivity contribution >= 4 is 15.7 Å². The predicted molar refractivity (Wildman–Crippen MR) is 64.8 cm³/mol. The highest BCUT2D eigenvalue weighted by molar-refractivity contribution is 7.89. The molecule has 8 nitrogen and oxygen atoms in total. The Morgan fingerprint density at radius 2 is 2.21 bits per heavy atom. The Kier molecular flexibility index (Phi) is 4.42. The van der Waals surface area contributed by atoms with Crippen molar-refractivity contribution in [2.75, 3.05) is 0 Å². The fourth-order valence-corrected chi connectivity index (χ4v) is 2.59. The number of nitro benzene ring substituents is 1. The topological polar surface area (TPSA) is 133 Å². The van der Waals surface area contributed by atoms with Crippen LogP contribution in [0.3, 0.4) is 0 Å². The van der Waals surface area contributed by atoms with Crippen LogP contribution in [0.1, 0.15) is 13.3 Å². The molecule has 0 saturated heterocycles. The summed E-state index contributed by atoms with van der Waals surface area (Å²) < 4.78 is 26.0. The van der Waals surface area contributed by atoms with Crippen LogP contribution in [0.2, 0.25) is 0 Å². The average molecular weight is 285 g/mol. The number of benzene rings is 1. The highest BCUT2D eigenvalue weighted by Crippen LogP contribution is 2.28. The minimum Gasteiger partial charge on any atom is -0.502 e. The van der Waals surface area contributed by atoms with Gasteiger partial charge < -0.3 is 5.11 Å². The van der Waals surface area contributed by atoms with E-state index in [2.05, 4.69) is 4.72 Å². The summed E-state index contributed by atoms with van der Waals surface area (Å²) in [6.07, 6.45) is -0.0284. The van der Waals surface area contributed by atoms with Crippen molar-refractivity contribution in [3.05, 3.63) is 28.3 Å². The second-order valence-corrected chi connectivity index (χ2v) is 5.51. The van der Waals surface area contributed by atoms with Crippen LogP contribution >= 0.6 is 0 Å². The largest absolute Gasteiger partial charge is 0.502 e. The van der Waals surface area contributed by atoms with Crippen LogP contribution in [0.25, 0.3) is 0 Å². The minimum absolute atomic E-state index is 0.0284. The third-order valence-electron chi connectivity index (χ3n) is 2.21. The van der Waals surface area contributed by atoms with Crippen LogP contribution in [0, 0.1) is 21.4 Å². The minimum atomic E-state index is -3.97. The third kappa shape index (κ3) is 3.64. The fraction of sp³-hybridized carbons (Fsp3) is 0.300. The van der Waals surface area contributed by atoms with Gasteiger partial charge in [0.1, 0.15) is 0 Å². The highest BCUT2D eigenvalue weighted by Gasteiger charge is 2.22. The van der Waals surface area contributed by atoms with Crippen LogP contribution in [0.4, 0.5) is 5.69 Å². The van der Waals surface area contributed by atoms with E-state index in [1.54, 1.807) is 6.07 Å². The number of nitrogens with one attached hydrogen (secondary N) is 1. The van der Waals surface area contributed by atoms with Crippen molar-refractivity contribution in [3.63, 3.8) is 0 Å². The summed E-state index contributed by atoms with van der Waals surface area (Å²) in [6, 6.07) is 3.92. The number of nitro groups is 1.